The zero-order valence-corrected chi connectivity index (χ0v) is 18.9. The van der Waals surface area contributed by atoms with E-state index in [1.807, 2.05) is 0 Å². The normalized spacial score (nSPS) is 22.9. The molecule has 2 amide bonds. The minimum absolute atomic E-state index is 0.00321. The van der Waals surface area contributed by atoms with E-state index in [1.54, 1.807) is 17.9 Å². The summed E-state index contributed by atoms with van der Waals surface area (Å²) in [6.45, 7) is 5.41. The number of piperidine rings is 1. The molecule has 2 heterocycles. The van der Waals surface area contributed by atoms with E-state index in [1.165, 1.54) is 44.4 Å². The summed E-state index contributed by atoms with van der Waals surface area (Å²) in [5.74, 6) is 0.554. The number of nitro benzene ring substituents is 1. The molecular weight excluding hydrogens is 408 g/mol. The summed E-state index contributed by atoms with van der Waals surface area (Å²) in [5.41, 5.74) is 0.843. The molecule has 2 aliphatic heterocycles. The highest BCUT2D eigenvalue weighted by molar-refractivity contribution is 5.98. The number of amides is 2. The lowest BCUT2D eigenvalue weighted by Crippen LogP contribution is -2.51. The van der Waals surface area contributed by atoms with Crippen molar-refractivity contribution in [1.29, 1.82) is 0 Å². The summed E-state index contributed by atoms with van der Waals surface area (Å²) in [6.07, 6.45) is 8.81. The third-order valence-electron chi connectivity index (χ3n) is 7.38. The molecule has 3 fully saturated rings. The van der Waals surface area contributed by atoms with E-state index in [4.69, 9.17) is 0 Å². The van der Waals surface area contributed by atoms with Gasteiger partial charge in [0, 0.05) is 49.4 Å². The summed E-state index contributed by atoms with van der Waals surface area (Å²) >= 11 is 0. The van der Waals surface area contributed by atoms with Crippen LogP contribution in [-0.4, -0.2) is 64.8 Å². The van der Waals surface area contributed by atoms with E-state index in [2.05, 4.69) is 10.2 Å². The van der Waals surface area contributed by atoms with Gasteiger partial charge in [-0.2, -0.15) is 0 Å². The van der Waals surface area contributed by atoms with Crippen molar-refractivity contribution in [2.24, 2.45) is 5.92 Å². The molecule has 1 unspecified atom stereocenters. The first-order valence-electron chi connectivity index (χ1n) is 12.0. The van der Waals surface area contributed by atoms with Gasteiger partial charge in [0.05, 0.1) is 4.92 Å². The van der Waals surface area contributed by atoms with E-state index >= 15 is 0 Å². The van der Waals surface area contributed by atoms with Crippen LogP contribution >= 0.6 is 0 Å². The number of likely N-dealkylation sites (tertiary alicyclic amines) is 2. The largest absolute Gasteiger partial charge is 0.351 e. The Labute approximate surface area is 189 Å². The van der Waals surface area contributed by atoms with Crippen molar-refractivity contribution in [1.82, 2.24) is 15.1 Å². The van der Waals surface area contributed by atoms with Crippen molar-refractivity contribution >= 4 is 17.5 Å². The Bertz CT molecular complexity index is 860. The number of hydrogen-bond acceptors (Lipinski definition) is 5. The van der Waals surface area contributed by atoms with Gasteiger partial charge in [-0.3, -0.25) is 19.7 Å². The minimum Gasteiger partial charge on any atom is -0.351 e. The van der Waals surface area contributed by atoms with E-state index in [9.17, 15) is 19.7 Å². The summed E-state index contributed by atoms with van der Waals surface area (Å²) in [5, 5.41) is 14.2. The van der Waals surface area contributed by atoms with Gasteiger partial charge in [-0.1, -0.05) is 12.8 Å². The first kappa shape index (κ1) is 22.7. The van der Waals surface area contributed by atoms with Gasteiger partial charge < -0.3 is 15.1 Å². The highest BCUT2D eigenvalue weighted by Gasteiger charge is 2.36. The molecule has 1 aliphatic carbocycles. The van der Waals surface area contributed by atoms with Crippen LogP contribution < -0.4 is 5.32 Å². The van der Waals surface area contributed by atoms with Crippen LogP contribution in [0, 0.1) is 23.0 Å². The molecule has 0 spiro atoms. The average molecular weight is 443 g/mol. The first-order valence-corrected chi connectivity index (χ1v) is 12.0. The van der Waals surface area contributed by atoms with Crippen LogP contribution in [0.3, 0.4) is 0 Å². The predicted molar refractivity (Wildman–Crippen MR) is 121 cm³/mol. The molecule has 0 bridgehead atoms. The Morgan fingerprint density at radius 3 is 2.44 bits per heavy atom. The standard InChI is InChI=1S/C24H34N4O4/c1-17-15-19(8-9-21(17)28(31)32)24(30)27-12-4-7-22(27)23(29)25-20-10-13-26(14-11-20)16-18-5-2-3-6-18/h8-9,15,18,20,22H,2-7,10-14,16H2,1H3,(H,25,29). The van der Waals surface area contributed by atoms with Crippen molar-refractivity contribution in [2.45, 2.75) is 70.4 Å². The molecule has 1 atom stereocenters. The summed E-state index contributed by atoms with van der Waals surface area (Å²) in [6, 6.07) is 4.11. The van der Waals surface area contributed by atoms with E-state index in [-0.39, 0.29) is 23.5 Å². The van der Waals surface area contributed by atoms with Gasteiger partial charge in [0.2, 0.25) is 5.91 Å². The van der Waals surface area contributed by atoms with Crippen molar-refractivity contribution in [3.8, 4) is 0 Å². The van der Waals surface area contributed by atoms with Gasteiger partial charge >= 0.3 is 0 Å². The zero-order chi connectivity index (χ0) is 22.7. The number of carbonyl (C=O) groups is 2. The van der Waals surface area contributed by atoms with Crippen molar-refractivity contribution in [3.05, 3.63) is 39.4 Å². The zero-order valence-electron chi connectivity index (χ0n) is 18.9. The van der Waals surface area contributed by atoms with Crippen LogP contribution in [0.15, 0.2) is 18.2 Å². The Kier molecular flexibility index (Phi) is 7.08. The number of carbonyl (C=O) groups excluding carboxylic acids is 2. The van der Waals surface area contributed by atoms with E-state index < -0.39 is 11.0 Å². The number of nitrogens with one attached hydrogen (secondary N) is 1. The summed E-state index contributed by atoms with van der Waals surface area (Å²) in [7, 11) is 0. The molecule has 0 radical (unpaired) electrons. The van der Waals surface area contributed by atoms with Gasteiger partial charge in [-0.15, -0.1) is 0 Å². The van der Waals surface area contributed by atoms with Crippen LogP contribution in [0.25, 0.3) is 0 Å². The highest BCUT2D eigenvalue weighted by atomic mass is 16.6. The van der Waals surface area contributed by atoms with Gasteiger partial charge in [0.25, 0.3) is 11.6 Å². The summed E-state index contributed by atoms with van der Waals surface area (Å²) < 4.78 is 0. The molecule has 8 nitrogen and oxygen atoms in total. The number of nitro groups is 1. The molecule has 1 saturated carbocycles. The fourth-order valence-corrected chi connectivity index (χ4v) is 5.56. The quantitative estimate of drug-likeness (QED) is 0.539. The molecule has 0 aromatic heterocycles. The monoisotopic (exact) mass is 442 g/mol. The van der Waals surface area contributed by atoms with Gasteiger partial charge in [-0.25, -0.2) is 0 Å². The number of hydrogen-bond donors (Lipinski definition) is 1. The van der Waals surface area contributed by atoms with Crippen molar-refractivity contribution in [2.75, 3.05) is 26.2 Å². The molecule has 1 N–H and O–H groups in total. The molecule has 3 aliphatic rings. The lowest BCUT2D eigenvalue weighted by Gasteiger charge is -2.35. The van der Waals surface area contributed by atoms with E-state index in [0.29, 0.717) is 24.1 Å². The Morgan fingerprint density at radius 1 is 1.06 bits per heavy atom. The molecule has 1 aromatic carbocycles. The molecule has 4 rings (SSSR count). The van der Waals surface area contributed by atoms with Crippen LogP contribution in [0.2, 0.25) is 0 Å². The SMILES string of the molecule is Cc1cc(C(=O)N2CCCC2C(=O)NC2CCN(CC3CCCC3)CC2)ccc1[N+](=O)[O-]. The highest BCUT2D eigenvalue weighted by Crippen LogP contribution is 2.27. The maximum Gasteiger partial charge on any atom is 0.272 e. The van der Waals surface area contributed by atoms with Gasteiger partial charge in [-0.05, 0) is 63.5 Å². The molecule has 1 aromatic rings. The summed E-state index contributed by atoms with van der Waals surface area (Å²) in [4.78, 5) is 40.9. The van der Waals surface area contributed by atoms with Gasteiger partial charge in [0.1, 0.15) is 6.04 Å². The number of benzene rings is 1. The lowest BCUT2D eigenvalue weighted by atomic mass is 10.0. The molecule has 8 heteroatoms. The molecular formula is C24H34N4O4. The second-order valence-electron chi connectivity index (χ2n) is 9.65. The van der Waals surface area contributed by atoms with E-state index in [0.717, 1.165) is 38.3 Å². The number of rotatable bonds is 6. The Morgan fingerprint density at radius 2 is 1.78 bits per heavy atom. The third kappa shape index (κ3) is 5.11. The molecule has 32 heavy (non-hydrogen) atoms. The lowest BCUT2D eigenvalue weighted by molar-refractivity contribution is -0.385. The number of aryl methyl sites for hydroxylation is 1. The second kappa shape index (κ2) is 9.98. The van der Waals surface area contributed by atoms with Crippen molar-refractivity contribution < 1.29 is 14.5 Å². The predicted octanol–water partition coefficient (Wildman–Crippen LogP) is 3.28. The molecule has 2 saturated heterocycles. The number of nitrogens with zero attached hydrogens (tertiary/aromatic N) is 3. The topological polar surface area (TPSA) is 95.8 Å². The van der Waals surface area contributed by atoms with Gasteiger partial charge in [0.15, 0.2) is 0 Å². The Hall–Kier alpha value is -2.48. The Balaban J connectivity index is 1.31. The van der Waals surface area contributed by atoms with Crippen LogP contribution in [-0.2, 0) is 4.79 Å². The first-order chi connectivity index (χ1) is 15.4. The minimum atomic E-state index is -0.463. The maximum absolute atomic E-state index is 13.1. The fourth-order valence-electron chi connectivity index (χ4n) is 5.56. The van der Waals surface area contributed by atoms with Crippen LogP contribution in [0.1, 0.15) is 67.3 Å². The van der Waals surface area contributed by atoms with Crippen molar-refractivity contribution in [3.63, 3.8) is 0 Å². The average Bonchev–Trinajstić information content (AvgIpc) is 3.46. The molecule has 174 valence electrons. The second-order valence-corrected chi connectivity index (χ2v) is 9.65. The van der Waals surface area contributed by atoms with Crippen LogP contribution in [0.5, 0.6) is 0 Å². The third-order valence-corrected chi connectivity index (χ3v) is 7.38. The smallest absolute Gasteiger partial charge is 0.272 e. The fraction of sp³-hybridized carbons (Fsp3) is 0.667. The van der Waals surface area contributed by atoms with Crippen LogP contribution in [0.4, 0.5) is 5.69 Å². The maximum atomic E-state index is 13.1.